The van der Waals surface area contributed by atoms with Crippen molar-refractivity contribution < 1.29 is 9.90 Å². The number of amides is 1. The van der Waals surface area contributed by atoms with Gasteiger partial charge in [-0.15, -0.1) is 0 Å². The van der Waals surface area contributed by atoms with Gasteiger partial charge in [0.1, 0.15) is 0 Å². The molecule has 1 aliphatic rings. The van der Waals surface area contributed by atoms with Crippen molar-refractivity contribution in [1.29, 1.82) is 0 Å². The van der Waals surface area contributed by atoms with Crippen molar-refractivity contribution in [3.63, 3.8) is 0 Å². The molecule has 3 rings (SSSR count). The molecule has 1 aliphatic heterocycles. The van der Waals surface area contributed by atoms with Crippen molar-refractivity contribution in [1.82, 2.24) is 10.2 Å². The van der Waals surface area contributed by atoms with Crippen LogP contribution in [0.4, 0.5) is 0 Å². The zero-order valence-electron chi connectivity index (χ0n) is 14.3. The smallest absolute Gasteiger partial charge is 0.234 e. The summed E-state index contributed by atoms with van der Waals surface area (Å²) in [7, 11) is 0. The molecule has 2 N–H and O–H groups in total. The minimum Gasteiger partial charge on any atom is -0.388 e. The molecule has 5 heteroatoms. The number of halogens is 1. The van der Waals surface area contributed by atoms with Crippen LogP contribution < -0.4 is 5.32 Å². The van der Waals surface area contributed by atoms with E-state index in [-0.39, 0.29) is 11.9 Å². The molecule has 0 bridgehead atoms. The van der Waals surface area contributed by atoms with E-state index in [9.17, 15) is 9.90 Å². The fraction of sp³-hybridized carbons (Fsp3) is 0.350. The molecule has 0 saturated carbocycles. The van der Waals surface area contributed by atoms with E-state index in [1.54, 1.807) is 0 Å². The Hall–Kier alpha value is -1.88. The summed E-state index contributed by atoms with van der Waals surface area (Å²) in [6, 6.07) is 15.3. The largest absolute Gasteiger partial charge is 0.388 e. The first-order valence-corrected chi connectivity index (χ1v) is 8.94. The third kappa shape index (κ3) is 4.40. The molecule has 0 saturated heterocycles. The summed E-state index contributed by atoms with van der Waals surface area (Å²) in [5.74, 6) is -0.0405. The molecule has 2 aromatic carbocycles. The van der Waals surface area contributed by atoms with Gasteiger partial charge in [0.2, 0.25) is 5.91 Å². The second-order valence-corrected chi connectivity index (χ2v) is 6.93. The van der Waals surface area contributed by atoms with E-state index in [4.69, 9.17) is 11.6 Å². The molecule has 0 fully saturated rings. The quantitative estimate of drug-likeness (QED) is 0.880. The highest BCUT2D eigenvalue weighted by molar-refractivity contribution is 6.31. The van der Waals surface area contributed by atoms with Crippen LogP contribution in [0.2, 0.25) is 5.02 Å². The Morgan fingerprint density at radius 1 is 1.28 bits per heavy atom. The Morgan fingerprint density at radius 3 is 2.80 bits per heavy atom. The number of carbonyl (C=O) groups excluding carboxylic acids is 1. The van der Waals surface area contributed by atoms with Gasteiger partial charge < -0.3 is 10.4 Å². The van der Waals surface area contributed by atoms with E-state index in [0.29, 0.717) is 31.1 Å². The highest BCUT2D eigenvalue weighted by Crippen LogP contribution is 2.26. The molecular weight excluding hydrogens is 336 g/mol. The van der Waals surface area contributed by atoms with Crippen LogP contribution in [-0.4, -0.2) is 29.0 Å². The first kappa shape index (κ1) is 17.9. The van der Waals surface area contributed by atoms with Gasteiger partial charge in [-0.05, 0) is 36.1 Å². The normalized spacial score (nSPS) is 18.9. The Kier molecular flexibility index (Phi) is 5.74. The van der Waals surface area contributed by atoms with Gasteiger partial charge in [-0.1, -0.05) is 54.1 Å². The molecule has 2 atom stereocenters. The summed E-state index contributed by atoms with van der Waals surface area (Å²) in [6.07, 6.45) is 0.163. The van der Waals surface area contributed by atoms with Crippen LogP contribution in [0.25, 0.3) is 0 Å². The molecule has 0 radical (unpaired) electrons. The number of aliphatic hydroxyl groups is 1. The number of nitrogens with one attached hydrogen (secondary N) is 1. The van der Waals surface area contributed by atoms with Gasteiger partial charge in [-0.2, -0.15) is 0 Å². The fourth-order valence-corrected chi connectivity index (χ4v) is 3.61. The first-order chi connectivity index (χ1) is 12.0. The fourth-order valence-electron chi connectivity index (χ4n) is 3.31. The van der Waals surface area contributed by atoms with Crippen molar-refractivity contribution in [2.45, 2.75) is 32.0 Å². The summed E-state index contributed by atoms with van der Waals surface area (Å²) in [5, 5.41) is 13.9. The van der Waals surface area contributed by atoms with Gasteiger partial charge in [0, 0.05) is 18.1 Å². The summed E-state index contributed by atoms with van der Waals surface area (Å²) < 4.78 is 0. The molecule has 0 aromatic heterocycles. The summed E-state index contributed by atoms with van der Waals surface area (Å²) >= 11 is 6.20. The number of carbonyl (C=O) groups is 1. The second-order valence-electron chi connectivity index (χ2n) is 6.52. The highest BCUT2D eigenvalue weighted by atomic mass is 35.5. The monoisotopic (exact) mass is 358 g/mol. The maximum absolute atomic E-state index is 12.5. The van der Waals surface area contributed by atoms with E-state index in [2.05, 4.69) is 10.2 Å². The van der Waals surface area contributed by atoms with Crippen molar-refractivity contribution in [3.8, 4) is 0 Å². The van der Waals surface area contributed by atoms with Crippen LogP contribution >= 0.6 is 11.6 Å². The lowest BCUT2D eigenvalue weighted by molar-refractivity contribution is -0.123. The third-order valence-corrected chi connectivity index (χ3v) is 4.99. The lowest BCUT2D eigenvalue weighted by Gasteiger charge is -2.22. The zero-order valence-corrected chi connectivity index (χ0v) is 15.0. The third-order valence-electron chi connectivity index (χ3n) is 4.64. The molecule has 0 spiro atoms. The molecule has 0 aliphatic carbocycles. The van der Waals surface area contributed by atoms with Crippen LogP contribution in [0.15, 0.2) is 48.5 Å². The molecular formula is C20H23ClN2O2. The molecule has 2 aromatic rings. The van der Waals surface area contributed by atoms with Gasteiger partial charge in [0.05, 0.1) is 18.7 Å². The Bertz CT molecular complexity index is 750. The SMILES string of the molecule is CC(NC(=O)CN1CCC(O)c2ccccc2C1)c1ccccc1Cl. The minimum atomic E-state index is -0.466. The van der Waals surface area contributed by atoms with Crippen LogP contribution in [0.5, 0.6) is 0 Å². The van der Waals surface area contributed by atoms with Gasteiger partial charge in [-0.25, -0.2) is 0 Å². The van der Waals surface area contributed by atoms with Crippen LogP contribution in [0.3, 0.4) is 0 Å². The summed E-state index contributed by atoms with van der Waals surface area (Å²) in [4.78, 5) is 14.5. The summed E-state index contributed by atoms with van der Waals surface area (Å²) in [5.41, 5.74) is 2.96. The lowest BCUT2D eigenvalue weighted by Crippen LogP contribution is -2.38. The molecule has 1 amide bonds. The second kappa shape index (κ2) is 8.00. The van der Waals surface area contributed by atoms with Crippen molar-refractivity contribution in [3.05, 3.63) is 70.2 Å². The Morgan fingerprint density at radius 2 is 2.00 bits per heavy atom. The van der Waals surface area contributed by atoms with Gasteiger partial charge in [0.15, 0.2) is 0 Å². The predicted octanol–water partition coefficient (Wildman–Crippen LogP) is 3.46. The molecule has 2 unspecified atom stereocenters. The molecule has 4 nitrogen and oxygen atoms in total. The number of hydrogen-bond acceptors (Lipinski definition) is 3. The molecule has 132 valence electrons. The van der Waals surface area contributed by atoms with Crippen molar-refractivity contribution in [2.24, 2.45) is 0 Å². The number of benzene rings is 2. The van der Waals surface area contributed by atoms with Gasteiger partial charge >= 0.3 is 0 Å². The average molecular weight is 359 g/mol. The number of aliphatic hydroxyl groups excluding tert-OH is 1. The highest BCUT2D eigenvalue weighted by Gasteiger charge is 2.22. The lowest BCUT2D eigenvalue weighted by atomic mass is 10.0. The average Bonchev–Trinajstić information content (AvgIpc) is 2.74. The predicted molar refractivity (Wildman–Crippen MR) is 99.3 cm³/mol. The Balaban J connectivity index is 1.63. The first-order valence-electron chi connectivity index (χ1n) is 8.56. The standard InChI is InChI=1S/C20H23ClN2O2/c1-14(16-7-4-5-9-18(16)21)22-20(25)13-23-11-10-19(24)17-8-3-2-6-15(17)12-23/h2-9,14,19,24H,10-13H2,1H3,(H,22,25). The van der Waals surface area contributed by atoms with Crippen LogP contribution in [-0.2, 0) is 11.3 Å². The molecule has 25 heavy (non-hydrogen) atoms. The van der Waals surface area contributed by atoms with E-state index in [1.807, 2.05) is 55.5 Å². The van der Waals surface area contributed by atoms with E-state index in [1.165, 1.54) is 0 Å². The van der Waals surface area contributed by atoms with E-state index < -0.39 is 6.10 Å². The summed E-state index contributed by atoms with van der Waals surface area (Å²) in [6.45, 7) is 3.58. The van der Waals surface area contributed by atoms with Gasteiger partial charge in [-0.3, -0.25) is 9.69 Å². The maximum atomic E-state index is 12.5. The number of hydrogen-bond donors (Lipinski definition) is 2. The van der Waals surface area contributed by atoms with E-state index >= 15 is 0 Å². The van der Waals surface area contributed by atoms with Crippen LogP contribution in [0.1, 0.15) is 42.2 Å². The number of rotatable bonds is 4. The van der Waals surface area contributed by atoms with Crippen LogP contribution in [0, 0.1) is 0 Å². The van der Waals surface area contributed by atoms with Gasteiger partial charge in [0.25, 0.3) is 0 Å². The minimum absolute atomic E-state index is 0.0405. The van der Waals surface area contributed by atoms with E-state index in [0.717, 1.165) is 16.7 Å². The molecule has 1 heterocycles. The number of nitrogens with zero attached hydrogens (tertiary/aromatic N) is 1. The van der Waals surface area contributed by atoms with Crippen molar-refractivity contribution >= 4 is 17.5 Å². The Labute approximate surface area is 153 Å². The van der Waals surface area contributed by atoms with Crippen molar-refractivity contribution in [2.75, 3.05) is 13.1 Å². The maximum Gasteiger partial charge on any atom is 0.234 e. The number of fused-ring (bicyclic) bond motifs is 1. The zero-order chi connectivity index (χ0) is 17.8. The topological polar surface area (TPSA) is 52.6 Å².